The van der Waals surface area contributed by atoms with Crippen LogP contribution >= 0.6 is 0 Å². The van der Waals surface area contributed by atoms with Gasteiger partial charge in [-0.05, 0) is 19.4 Å². The topological polar surface area (TPSA) is 42.7 Å². The Hall–Kier alpha value is -1.11. The van der Waals surface area contributed by atoms with Crippen LogP contribution in [-0.4, -0.2) is 27.5 Å². The van der Waals surface area contributed by atoms with Crippen molar-refractivity contribution in [3.05, 3.63) is 11.6 Å². The minimum Gasteiger partial charge on any atom is -0.313 e. The Morgan fingerprint density at radius 2 is 2.17 bits per heavy atom. The van der Waals surface area contributed by atoms with Crippen LogP contribution < -0.4 is 5.32 Å². The maximum atomic E-state index is 12.7. The lowest BCUT2D eigenvalue weighted by molar-refractivity contribution is -0.182. The third-order valence-electron chi connectivity index (χ3n) is 3.20. The number of aromatic nitrogens is 3. The molecule has 0 bridgehead atoms. The Labute approximate surface area is 104 Å². The molecule has 0 aliphatic carbocycles. The highest BCUT2D eigenvalue weighted by Gasteiger charge is 2.42. The van der Waals surface area contributed by atoms with E-state index in [0.29, 0.717) is 24.6 Å². The number of alkyl halides is 3. The van der Waals surface area contributed by atoms with Gasteiger partial charge in [0, 0.05) is 13.0 Å². The van der Waals surface area contributed by atoms with E-state index in [0.717, 1.165) is 13.0 Å². The molecule has 7 heteroatoms. The van der Waals surface area contributed by atoms with E-state index in [-0.39, 0.29) is 13.0 Å². The van der Waals surface area contributed by atoms with E-state index in [2.05, 4.69) is 15.5 Å². The maximum absolute atomic E-state index is 12.7. The minimum absolute atomic E-state index is 0.0467. The normalized spacial score (nSPS) is 19.9. The van der Waals surface area contributed by atoms with Crippen LogP contribution in [0.4, 0.5) is 13.2 Å². The van der Waals surface area contributed by atoms with E-state index in [4.69, 9.17) is 0 Å². The van der Waals surface area contributed by atoms with Gasteiger partial charge < -0.3 is 9.88 Å². The second-order valence-electron chi connectivity index (χ2n) is 4.60. The molecule has 0 radical (unpaired) electrons. The van der Waals surface area contributed by atoms with Gasteiger partial charge in [-0.3, -0.25) is 0 Å². The second kappa shape index (κ2) is 5.26. The monoisotopic (exact) mass is 262 g/mol. The molecular weight excluding hydrogens is 245 g/mol. The highest BCUT2D eigenvalue weighted by atomic mass is 19.4. The first-order chi connectivity index (χ1) is 8.52. The van der Waals surface area contributed by atoms with Crippen molar-refractivity contribution in [1.82, 2.24) is 20.1 Å². The molecule has 0 saturated carbocycles. The molecule has 2 heterocycles. The lowest BCUT2D eigenvalue weighted by Gasteiger charge is -2.26. The molecule has 0 spiro atoms. The quantitative estimate of drug-likeness (QED) is 0.843. The van der Waals surface area contributed by atoms with Crippen molar-refractivity contribution in [3.63, 3.8) is 0 Å². The Balaban J connectivity index is 2.07. The summed E-state index contributed by atoms with van der Waals surface area (Å²) in [5.74, 6) is 0.00197. The fourth-order valence-corrected chi connectivity index (χ4v) is 2.16. The van der Waals surface area contributed by atoms with Crippen molar-refractivity contribution in [2.45, 2.75) is 45.5 Å². The number of halogens is 3. The van der Waals surface area contributed by atoms with E-state index in [9.17, 15) is 13.2 Å². The van der Waals surface area contributed by atoms with Crippen molar-refractivity contribution in [2.75, 3.05) is 6.54 Å². The lowest BCUT2D eigenvalue weighted by Crippen LogP contribution is -2.33. The molecule has 1 aromatic rings. The predicted molar refractivity (Wildman–Crippen MR) is 59.9 cm³/mol. The zero-order chi connectivity index (χ0) is 13.2. The van der Waals surface area contributed by atoms with Crippen molar-refractivity contribution in [2.24, 2.45) is 5.92 Å². The summed E-state index contributed by atoms with van der Waals surface area (Å²) >= 11 is 0. The number of hydrogen-bond donors (Lipinski definition) is 1. The third kappa shape index (κ3) is 2.82. The highest BCUT2D eigenvalue weighted by Crippen LogP contribution is 2.34. The molecule has 102 valence electrons. The van der Waals surface area contributed by atoms with Gasteiger partial charge in [0.2, 0.25) is 0 Å². The van der Waals surface area contributed by atoms with Crippen molar-refractivity contribution < 1.29 is 13.2 Å². The SMILES string of the molecule is CCCNCc1nnc2n1CC(C(F)(F)F)CC2. The van der Waals surface area contributed by atoms with Gasteiger partial charge >= 0.3 is 6.18 Å². The first kappa shape index (κ1) is 13.3. The summed E-state index contributed by atoms with van der Waals surface area (Å²) in [6, 6.07) is 0. The molecule has 0 amide bonds. The summed E-state index contributed by atoms with van der Waals surface area (Å²) in [5, 5.41) is 11.1. The zero-order valence-electron chi connectivity index (χ0n) is 10.3. The van der Waals surface area contributed by atoms with Crippen LogP contribution in [0.25, 0.3) is 0 Å². The molecule has 1 unspecified atom stereocenters. The molecule has 1 N–H and O–H groups in total. The minimum atomic E-state index is -4.13. The lowest BCUT2D eigenvalue weighted by atomic mass is 9.99. The first-order valence-electron chi connectivity index (χ1n) is 6.20. The predicted octanol–water partition coefficient (Wildman–Crippen LogP) is 1.90. The molecule has 4 nitrogen and oxygen atoms in total. The Bertz CT molecular complexity index is 399. The van der Waals surface area contributed by atoms with Crippen molar-refractivity contribution in [3.8, 4) is 0 Å². The number of fused-ring (bicyclic) bond motifs is 1. The largest absolute Gasteiger partial charge is 0.393 e. The van der Waals surface area contributed by atoms with E-state index in [1.165, 1.54) is 0 Å². The highest BCUT2D eigenvalue weighted by molar-refractivity contribution is 5.00. The molecule has 1 aliphatic rings. The van der Waals surface area contributed by atoms with Gasteiger partial charge in [-0.25, -0.2) is 0 Å². The van der Waals surface area contributed by atoms with Crippen molar-refractivity contribution >= 4 is 0 Å². The fourth-order valence-electron chi connectivity index (χ4n) is 2.16. The molecule has 1 aliphatic heterocycles. The van der Waals surface area contributed by atoms with Gasteiger partial charge in [0.1, 0.15) is 11.6 Å². The maximum Gasteiger partial charge on any atom is 0.393 e. The van der Waals surface area contributed by atoms with Crippen LogP contribution in [0, 0.1) is 5.92 Å². The molecule has 0 saturated heterocycles. The Morgan fingerprint density at radius 1 is 1.39 bits per heavy atom. The summed E-state index contributed by atoms with van der Waals surface area (Å²) in [7, 11) is 0. The van der Waals surface area contributed by atoms with Crippen LogP contribution in [0.15, 0.2) is 0 Å². The molecule has 0 fully saturated rings. The molecule has 18 heavy (non-hydrogen) atoms. The third-order valence-corrected chi connectivity index (χ3v) is 3.20. The van der Waals surface area contributed by atoms with E-state index in [1.807, 2.05) is 6.92 Å². The van der Waals surface area contributed by atoms with Crippen LogP contribution in [-0.2, 0) is 19.5 Å². The Morgan fingerprint density at radius 3 is 2.83 bits per heavy atom. The smallest absolute Gasteiger partial charge is 0.313 e. The van der Waals surface area contributed by atoms with Crippen LogP contribution in [0.3, 0.4) is 0 Å². The zero-order valence-corrected chi connectivity index (χ0v) is 10.3. The average molecular weight is 262 g/mol. The van der Waals surface area contributed by atoms with Gasteiger partial charge in [-0.1, -0.05) is 6.92 Å². The van der Waals surface area contributed by atoms with Gasteiger partial charge in [-0.2, -0.15) is 13.2 Å². The number of nitrogens with zero attached hydrogens (tertiary/aromatic N) is 3. The van der Waals surface area contributed by atoms with Gasteiger partial charge in [0.25, 0.3) is 0 Å². The number of aryl methyl sites for hydroxylation is 1. The van der Waals surface area contributed by atoms with E-state index >= 15 is 0 Å². The van der Waals surface area contributed by atoms with Gasteiger partial charge in [-0.15, -0.1) is 10.2 Å². The van der Waals surface area contributed by atoms with Crippen LogP contribution in [0.1, 0.15) is 31.4 Å². The summed E-state index contributed by atoms with van der Waals surface area (Å²) in [4.78, 5) is 0. The molecule has 1 aromatic heterocycles. The number of hydrogen-bond acceptors (Lipinski definition) is 3. The summed E-state index contributed by atoms with van der Waals surface area (Å²) in [5.41, 5.74) is 0. The molecule has 0 aromatic carbocycles. The van der Waals surface area contributed by atoms with Crippen LogP contribution in [0.2, 0.25) is 0 Å². The van der Waals surface area contributed by atoms with Crippen molar-refractivity contribution in [1.29, 1.82) is 0 Å². The molecular formula is C11H17F3N4. The molecule has 1 atom stereocenters. The van der Waals surface area contributed by atoms with E-state index in [1.54, 1.807) is 4.57 Å². The van der Waals surface area contributed by atoms with E-state index < -0.39 is 12.1 Å². The summed E-state index contributed by atoms with van der Waals surface area (Å²) < 4.78 is 39.7. The Kier molecular flexibility index (Phi) is 3.89. The summed E-state index contributed by atoms with van der Waals surface area (Å²) in [6.45, 7) is 3.29. The number of rotatable bonds is 4. The second-order valence-corrected chi connectivity index (χ2v) is 4.60. The molecule has 2 rings (SSSR count). The average Bonchev–Trinajstić information content (AvgIpc) is 2.71. The van der Waals surface area contributed by atoms with Crippen LogP contribution in [0.5, 0.6) is 0 Å². The van der Waals surface area contributed by atoms with Gasteiger partial charge in [0.05, 0.1) is 12.5 Å². The fraction of sp³-hybridized carbons (Fsp3) is 0.818. The summed E-state index contributed by atoms with van der Waals surface area (Å²) in [6.07, 6.45) is -2.68. The first-order valence-corrected chi connectivity index (χ1v) is 6.20. The van der Waals surface area contributed by atoms with Gasteiger partial charge in [0.15, 0.2) is 0 Å². The number of nitrogens with one attached hydrogen (secondary N) is 1. The standard InChI is InChI=1S/C11H17F3N4/c1-2-5-15-6-10-17-16-9-4-3-8(7-18(9)10)11(12,13)14/h8,15H,2-7H2,1H3.